The van der Waals surface area contributed by atoms with Crippen LogP contribution in [0.5, 0.6) is 5.75 Å². The van der Waals surface area contributed by atoms with Crippen LogP contribution in [0.3, 0.4) is 0 Å². The zero-order valence-electron chi connectivity index (χ0n) is 12.9. The summed E-state index contributed by atoms with van der Waals surface area (Å²) in [5, 5.41) is 2.17. The van der Waals surface area contributed by atoms with Gasteiger partial charge in [-0.25, -0.2) is 14.9 Å². The van der Waals surface area contributed by atoms with E-state index in [2.05, 4.69) is 15.0 Å². The van der Waals surface area contributed by atoms with Crippen molar-refractivity contribution in [1.29, 1.82) is 0 Å². The summed E-state index contributed by atoms with van der Waals surface area (Å²) >= 11 is 0. The van der Waals surface area contributed by atoms with Gasteiger partial charge in [0.05, 0.1) is 19.4 Å². The summed E-state index contributed by atoms with van der Waals surface area (Å²) in [5.41, 5.74) is 1.03. The fraction of sp³-hybridized carbons (Fsp3) is 0.467. The van der Waals surface area contributed by atoms with Crippen LogP contribution < -0.4 is 15.0 Å². The first-order chi connectivity index (χ1) is 10.7. The van der Waals surface area contributed by atoms with Gasteiger partial charge in [0.1, 0.15) is 5.75 Å². The first-order valence-electron chi connectivity index (χ1n) is 7.26. The molecule has 0 radical (unpaired) electrons. The van der Waals surface area contributed by atoms with Crippen molar-refractivity contribution >= 4 is 17.8 Å². The zero-order valence-corrected chi connectivity index (χ0v) is 12.9. The van der Waals surface area contributed by atoms with Crippen molar-refractivity contribution in [2.75, 3.05) is 44.8 Å². The first-order valence-corrected chi connectivity index (χ1v) is 7.26. The topological polar surface area (TPSA) is 71.1 Å². The molecule has 3 amide bonds. The molecule has 1 aromatic rings. The van der Waals surface area contributed by atoms with Gasteiger partial charge in [-0.1, -0.05) is 12.1 Å². The van der Waals surface area contributed by atoms with E-state index in [1.165, 1.54) is 7.11 Å². The summed E-state index contributed by atoms with van der Waals surface area (Å²) in [5.74, 6) is 0.845. The second-order valence-corrected chi connectivity index (χ2v) is 4.80. The van der Waals surface area contributed by atoms with Crippen molar-refractivity contribution in [3.8, 4) is 5.75 Å². The number of anilines is 1. The quantitative estimate of drug-likeness (QED) is 0.920. The summed E-state index contributed by atoms with van der Waals surface area (Å²) in [4.78, 5) is 26.7. The van der Waals surface area contributed by atoms with Gasteiger partial charge in [-0.15, -0.1) is 0 Å². The molecule has 1 N–H and O–H groups in total. The second kappa shape index (κ2) is 7.53. The third kappa shape index (κ3) is 3.81. The van der Waals surface area contributed by atoms with Crippen LogP contribution in [-0.4, -0.2) is 56.9 Å². The smallest absolute Gasteiger partial charge is 0.415 e. The molecule has 7 nitrogen and oxygen atoms in total. The van der Waals surface area contributed by atoms with E-state index in [0.29, 0.717) is 32.8 Å². The fourth-order valence-electron chi connectivity index (χ4n) is 2.36. The molecule has 1 saturated heterocycles. The standard InChI is InChI=1S/C15H21N3O4/c1-3-22-13-7-5-4-6-12(13)17-8-10-18(11-9-17)14(19)16-15(20)21-2/h4-7H,3,8-11H2,1-2H3,(H,16,19,20). The molecule has 0 aliphatic carbocycles. The van der Waals surface area contributed by atoms with E-state index in [1.807, 2.05) is 31.2 Å². The largest absolute Gasteiger partial charge is 0.492 e. The number of methoxy groups -OCH3 is 1. The van der Waals surface area contributed by atoms with Crippen LogP contribution in [0.15, 0.2) is 24.3 Å². The number of imide groups is 1. The van der Waals surface area contributed by atoms with Crippen LogP contribution >= 0.6 is 0 Å². The van der Waals surface area contributed by atoms with E-state index < -0.39 is 12.1 Å². The van der Waals surface area contributed by atoms with E-state index in [4.69, 9.17) is 4.74 Å². The number of rotatable bonds is 3. The van der Waals surface area contributed by atoms with E-state index >= 15 is 0 Å². The number of alkyl carbamates (subject to hydrolysis) is 1. The Bertz CT molecular complexity index is 527. The number of urea groups is 1. The highest BCUT2D eigenvalue weighted by Crippen LogP contribution is 2.28. The number of ether oxygens (including phenoxy) is 2. The van der Waals surface area contributed by atoms with Gasteiger partial charge < -0.3 is 19.3 Å². The van der Waals surface area contributed by atoms with Gasteiger partial charge in [0, 0.05) is 26.2 Å². The van der Waals surface area contributed by atoms with Crippen molar-refractivity contribution in [2.45, 2.75) is 6.92 Å². The predicted octanol–water partition coefficient (Wildman–Crippen LogP) is 1.68. The SMILES string of the molecule is CCOc1ccccc1N1CCN(C(=O)NC(=O)OC)CC1. The lowest BCUT2D eigenvalue weighted by Crippen LogP contribution is -2.52. The Morgan fingerprint density at radius 1 is 1.18 bits per heavy atom. The summed E-state index contributed by atoms with van der Waals surface area (Å²) in [6, 6.07) is 7.43. The van der Waals surface area contributed by atoms with E-state index in [-0.39, 0.29) is 0 Å². The molecular formula is C15H21N3O4. The molecule has 0 saturated carbocycles. The Kier molecular flexibility index (Phi) is 5.46. The van der Waals surface area contributed by atoms with Crippen LogP contribution in [0.25, 0.3) is 0 Å². The van der Waals surface area contributed by atoms with Crippen molar-refractivity contribution in [3.05, 3.63) is 24.3 Å². The lowest BCUT2D eigenvalue weighted by Gasteiger charge is -2.36. The Morgan fingerprint density at radius 2 is 1.86 bits per heavy atom. The Morgan fingerprint density at radius 3 is 2.50 bits per heavy atom. The summed E-state index contributed by atoms with van der Waals surface area (Å²) in [6.07, 6.45) is -0.742. The Labute approximate surface area is 129 Å². The molecule has 0 bridgehead atoms. The number of piperazine rings is 1. The van der Waals surface area contributed by atoms with Crippen LogP contribution in [0.1, 0.15) is 6.92 Å². The van der Waals surface area contributed by atoms with Gasteiger partial charge in [0.2, 0.25) is 0 Å². The monoisotopic (exact) mass is 307 g/mol. The molecular weight excluding hydrogens is 286 g/mol. The van der Waals surface area contributed by atoms with E-state index in [0.717, 1.165) is 11.4 Å². The Hall–Kier alpha value is -2.44. The minimum absolute atomic E-state index is 0.426. The summed E-state index contributed by atoms with van der Waals surface area (Å²) in [6.45, 7) is 4.98. The molecule has 0 aromatic heterocycles. The van der Waals surface area contributed by atoms with Crippen LogP contribution in [-0.2, 0) is 4.74 Å². The third-order valence-electron chi connectivity index (χ3n) is 3.47. The lowest BCUT2D eigenvalue weighted by atomic mass is 10.2. The van der Waals surface area contributed by atoms with E-state index in [9.17, 15) is 9.59 Å². The molecule has 22 heavy (non-hydrogen) atoms. The second-order valence-electron chi connectivity index (χ2n) is 4.80. The minimum atomic E-state index is -0.742. The highest BCUT2D eigenvalue weighted by molar-refractivity contribution is 5.90. The fourth-order valence-corrected chi connectivity index (χ4v) is 2.36. The van der Waals surface area contributed by atoms with Crippen LogP contribution in [0.2, 0.25) is 0 Å². The molecule has 1 aromatic carbocycles. The van der Waals surface area contributed by atoms with Crippen molar-refractivity contribution in [3.63, 3.8) is 0 Å². The van der Waals surface area contributed by atoms with Gasteiger partial charge in [-0.05, 0) is 19.1 Å². The van der Waals surface area contributed by atoms with Crippen molar-refractivity contribution in [2.24, 2.45) is 0 Å². The zero-order chi connectivity index (χ0) is 15.9. The number of carbonyl (C=O) groups is 2. The van der Waals surface area contributed by atoms with Crippen molar-refractivity contribution < 1.29 is 19.1 Å². The number of carbonyl (C=O) groups excluding carboxylic acids is 2. The van der Waals surface area contributed by atoms with Gasteiger partial charge >= 0.3 is 12.1 Å². The summed E-state index contributed by atoms with van der Waals surface area (Å²) < 4.78 is 10.1. The highest BCUT2D eigenvalue weighted by Gasteiger charge is 2.24. The Balaban J connectivity index is 1.95. The van der Waals surface area contributed by atoms with Crippen LogP contribution in [0, 0.1) is 0 Å². The molecule has 1 aliphatic rings. The number of nitrogens with one attached hydrogen (secondary N) is 1. The normalized spacial score (nSPS) is 14.5. The van der Waals surface area contributed by atoms with Gasteiger partial charge in [-0.3, -0.25) is 0 Å². The number of nitrogens with zero attached hydrogens (tertiary/aromatic N) is 2. The molecule has 1 aliphatic heterocycles. The molecule has 0 unspecified atom stereocenters. The van der Waals surface area contributed by atoms with E-state index in [1.54, 1.807) is 4.90 Å². The number of hydrogen-bond acceptors (Lipinski definition) is 5. The van der Waals surface area contributed by atoms with Crippen LogP contribution in [0.4, 0.5) is 15.3 Å². The maximum Gasteiger partial charge on any atom is 0.415 e. The highest BCUT2D eigenvalue weighted by atomic mass is 16.5. The average molecular weight is 307 g/mol. The average Bonchev–Trinajstić information content (AvgIpc) is 2.55. The molecule has 0 spiro atoms. The number of para-hydroxylation sites is 2. The maximum atomic E-state index is 11.9. The molecule has 0 atom stereocenters. The molecule has 1 fully saturated rings. The number of amides is 3. The molecule has 2 rings (SSSR count). The van der Waals surface area contributed by atoms with Gasteiger partial charge in [-0.2, -0.15) is 0 Å². The number of benzene rings is 1. The summed E-state index contributed by atoms with van der Waals surface area (Å²) in [7, 11) is 1.23. The first kappa shape index (κ1) is 15.9. The third-order valence-corrected chi connectivity index (χ3v) is 3.47. The molecule has 7 heteroatoms. The lowest BCUT2D eigenvalue weighted by molar-refractivity contribution is 0.160. The predicted molar refractivity (Wildman–Crippen MR) is 82.3 cm³/mol. The van der Waals surface area contributed by atoms with Gasteiger partial charge in [0.15, 0.2) is 0 Å². The molecule has 1 heterocycles. The number of hydrogen-bond donors (Lipinski definition) is 1. The minimum Gasteiger partial charge on any atom is -0.492 e. The maximum absolute atomic E-state index is 11.9. The van der Waals surface area contributed by atoms with Gasteiger partial charge in [0.25, 0.3) is 0 Å². The molecule has 120 valence electrons. The van der Waals surface area contributed by atoms with Crippen molar-refractivity contribution in [1.82, 2.24) is 10.2 Å².